The molecule has 0 aliphatic heterocycles. The Morgan fingerprint density at radius 2 is 1.64 bits per heavy atom. The molecule has 0 spiro atoms. The van der Waals surface area contributed by atoms with Crippen LogP contribution in [0.1, 0.15) is 38.1 Å². The third-order valence-corrected chi connectivity index (χ3v) is 5.11. The minimum atomic E-state index is 0.493. The molecule has 3 heteroatoms. The molecule has 1 fully saturated rings. The lowest BCUT2D eigenvalue weighted by molar-refractivity contribution is 0.332. The molecule has 0 atom stereocenters. The van der Waals surface area contributed by atoms with Gasteiger partial charge in [0.2, 0.25) is 0 Å². The van der Waals surface area contributed by atoms with E-state index in [4.69, 9.17) is 9.84 Å². The third kappa shape index (κ3) is 3.19. The maximum atomic E-state index is 5.55. The molecule has 1 aromatic heterocycles. The molecule has 3 nitrogen and oxygen atoms in total. The zero-order valence-electron chi connectivity index (χ0n) is 14.7. The van der Waals surface area contributed by atoms with E-state index in [1.807, 2.05) is 18.2 Å². The van der Waals surface area contributed by atoms with E-state index in [0.717, 1.165) is 17.0 Å². The van der Waals surface area contributed by atoms with Crippen LogP contribution in [-0.4, -0.2) is 16.9 Å². The van der Waals surface area contributed by atoms with Gasteiger partial charge >= 0.3 is 0 Å². The second-order valence-electron chi connectivity index (χ2n) is 6.72. The number of hydrogen-bond acceptors (Lipinski definition) is 2. The van der Waals surface area contributed by atoms with Crippen molar-refractivity contribution in [3.8, 4) is 28.3 Å². The molecule has 0 unspecified atom stereocenters. The first kappa shape index (κ1) is 15.9. The lowest BCUT2D eigenvalue weighted by Gasteiger charge is -2.24. The van der Waals surface area contributed by atoms with Crippen molar-refractivity contribution in [2.24, 2.45) is 0 Å². The van der Waals surface area contributed by atoms with E-state index in [-0.39, 0.29) is 0 Å². The molecule has 25 heavy (non-hydrogen) atoms. The quantitative estimate of drug-likeness (QED) is 0.610. The summed E-state index contributed by atoms with van der Waals surface area (Å²) in [6, 6.07) is 21.4. The van der Waals surface area contributed by atoms with E-state index < -0.39 is 0 Å². The molecule has 0 saturated heterocycles. The van der Waals surface area contributed by atoms with Crippen molar-refractivity contribution in [2.75, 3.05) is 7.11 Å². The van der Waals surface area contributed by atoms with Crippen LogP contribution in [0.5, 0.6) is 5.75 Å². The average Bonchev–Trinajstić information content (AvgIpc) is 3.14. The molecule has 0 radical (unpaired) electrons. The Morgan fingerprint density at radius 1 is 0.920 bits per heavy atom. The Bertz CT molecular complexity index is 832. The summed E-state index contributed by atoms with van der Waals surface area (Å²) in [6.45, 7) is 0. The fourth-order valence-electron chi connectivity index (χ4n) is 3.81. The zero-order valence-corrected chi connectivity index (χ0v) is 14.7. The topological polar surface area (TPSA) is 27.1 Å². The maximum Gasteiger partial charge on any atom is 0.128 e. The Morgan fingerprint density at radius 3 is 2.40 bits per heavy atom. The average molecular weight is 332 g/mol. The predicted octanol–water partition coefficient (Wildman–Crippen LogP) is 5.73. The molecule has 1 aliphatic rings. The van der Waals surface area contributed by atoms with E-state index in [0.29, 0.717) is 6.04 Å². The van der Waals surface area contributed by atoms with Crippen LogP contribution in [0.4, 0.5) is 0 Å². The van der Waals surface area contributed by atoms with E-state index >= 15 is 0 Å². The Labute approximate surface area is 149 Å². The molecule has 4 rings (SSSR count). The normalized spacial score (nSPS) is 15.2. The van der Waals surface area contributed by atoms with Crippen LogP contribution >= 0.6 is 0 Å². The largest absolute Gasteiger partial charge is 0.496 e. The smallest absolute Gasteiger partial charge is 0.128 e. The van der Waals surface area contributed by atoms with Crippen LogP contribution in [0.2, 0.25) is 0 Å². The van der Waals surface area contributed by atoms with Gasteiger partial charge in [-0.25, -0.2) is 0 Å². The fourth-order valence-corrected chi connectivity index (χ4v) is 3.81. The second-order valence-corrected chi connectivity index (χ2v) is 6.72. The van der Waals surface area contributed by atoms with Crippen molar-refractivity contribution in [3.05, 3.63) is 60.7 Å². The van der Waals surface area contributed by atoms with Crippen LogP contribution in [0.3, 0.4) is 0 Å². The molecule has 0 amide bonds. The summed E-state index contributed by atoms with van der Waals surface area (Å²) in [5, 5.41) is 5.03. The van der Waals surface area contributed by atoms with Crippen LogP contribution in [-0.2, 0) is 0 Å². The molecular weight excluding hydrogens is 308 g/mol. The van der Waals surface area contributed by atoms with Gasteiger partial charge in [-0.1, -0.05) is 61.7 Å². The summed E-state index contributed by atoms with van der Waals surface area (Å²) in [5.74, 6) is 0.871. The number of rotatable bonds is 4. The van der Waals surface area contributed by atoms with Gasteiger partial charge in [0.25, 0.3) is 0 Å². The van der Waals surface area contributed by atoms with Crippen molar-refractivity contribution in [3.63, 3.8) is 0 Å². The standard InChI is InChI=1S/C22H24N2O/c1-25-22-15-9-8-14-19(22)20-16-21(17-10-4-2-5-11-17)24(23-20)18-12-6-3-7-13-18/h2,4-5,8-11,14-16,18H,3,6-7,12-13H2,1H3. The molecule has 1 heterocycles. The van der Waals surface area contributed by atoms with Gasteiger partial charge in [-0.3, -0.25) is 4.68 Å². The van der Waals surface area contributed by atoms with Crippen LogP contribution in [0.15, 0.2) is 60.7 Å². The Kier molecular flexibility index (Phi) is 4.55. The number of para-hydroxylation sites is 1. The molecule has 0 N–H and O–H groups in total. The first-order chi connectivity index (χ1) is 12.4. The van der Waals surface area contributed by atoms with Gasteiger partial charge < -0.3 is 4.74 Å². The second kappa shape index (κ2) is 7.14. The van der Waals surface area contributed by atoms with Gasteiger partial charge in [-0.15, -0.1) is 0 Å². The number of benzene rings is 2. The molecule has 1 saturated carbocycles. The highest BCUT2D eigenvalue weighted by atomic mass is 16.5. The van der Waals surface area contributed by atoms with Crippen molar-refractivity contribution in [2.45, 2.75) is 38.1 Å². The Hall–Kier alpha value is -2.55. The monoisotopic (exact) mass is 332 g/mol. The van der Waals surface area contributed by atoms with Gasteiger partial charge in [0.15, 0.2) is 0 Å². The molecule has 128 valence electrons. The van der Waals surface area contributed by atoms with Crippen LogP contribution in [0.25, 0.3) is 22.5 Å². The van der Waals surface area contributed by atoms with Gasteiger partial charge in [-0.2, -0.15) is 5.10 Å². The number of nitrogens with zero attached hydrogens (tertiary/aromatic N) is 2. The van der Waals surface area contributed by atoms with Gasteiger partial charge in [0.05, 0.1) is 24.5 Å². The molecule has 3 aromatic rings. The highest BCUT2D eigenvalue weighted by molar-refractivity contribution is 5.72. The van der Waals surface area contributed by atoms with E-state index in [1.165, 1.54) is 43.4 Å². The highest BCUT2D eigenvalue weighted by Gasteiger charge is 2.22. The van der Waals surface area contributed by atoms with Crippen molar-refractivity contribution < 1.29 is 4.74 Å². The molecule has 1 aliphatic carbocycles. The number of methoxy groups -OCH3 is 1. The molecule has 2 aromatic carbocycles. The predicted molar refractivity (Wildman–Crippen MR) is 102 cm³/mol. The SMILES string of the molecule is COc1ccccc1-c1cc(-c2ccccc2)n(C2CCCCC2)n1. The minimum absolute atomic E-state index is 0.493. The van der Waals surface area contributed by atoms with Crippen molar-refractivity contribution in [1.29, 1.82) is 0 Å². The van der Waals surface area contributed by atoms with Crippen molar-refractivity contribution in [1.82, 2.24) is 9.78 Å². The summed E-state index contributed by atoms with van der Waals surface area (Å²) in [4.78, 5) is 0. The first-order valence-electron chi connectivity index (χ1n) is 9.15. The molecular formula is C22H24N2O. The van der Waals surface area contributed by atoms with Crippen LogP contribution in [0, 0.1) is 0 Å². The Balaban J connectivity index is 1.83. The lowest BCUT2D eigenvalue weighted by Crippen LogP contribution is -2.15. The summed E-state index contributed by atoms with van der Waals surface area (Å²) in [6.07, 6.45) is 6.36. The molecule has 0 bridgehead atoms. The van der Waals surface area contributed by atoms with E-state index in [2.05, 4.69) is 47.1 Å². The van der Waals surface area contributed by atoms with Crippen molar-refractivity contribution >= 4 is 0 Å². The number of aromatic nitrogens is 2. The van der Waals surface area contributed by atoms with E-state index in [9.17, 15) is 0 Å². The summed E-state index contributed by atoms with van der Waals surface area (Å²) < 4.78 is 7.81. The highest BCUT2D eigenvalue weighted by Crippen LogP contribution is 2.36. The fraction of sp³-hybridized carbons (Fsp3) is 0.318. The van der Waals surface area contributed by atoms with Gasteiger partial charge in [0.1, 0.15) is 5.75 Å². The zero-order chi connectivity index (χ0) is 17.1. The first-order valence-corrected chi connectivity index (χ1v) is 9.15. The minimum Gasteiger partial charge on any atom is -0.496 e. The number of hydrogen-bond donors (Lipinski definition) is 0. The summed E-state index contributed by atoms with van der Waals surface area (Å²) in [5.41, 5.74) is 4.47. The van der Waals surface area contributed by atoms with Crippen LogP contribution < -0.4 is 4.74 Å². The van der Waals surface area contributed by atoms with Gasteiger partial charge in [0, 0.05) is 5.56 Å². The summed E-state index contributed by atoms with van der Waals surface area (Å²) >= 11 is 0. The number of ether oxygens (including phenoxy) is 1. The maximum absolute atomic E-state index is 5.55. The third-order valence-electron chi connectivity index (χ3n) is 5.11. The van der Waals surface area contributed by atoms with Gasteiger partial charge in [-0.05, 0) is 36.6 Å². The van der Waals surface area contributed by atoms with E-state index in [1.54, 1.807) is 7.11 Å². The summed E-state index contributed by atoms with van der Waals surface area (Å²) in [7, 11) is 1.72. The lowest BCUT2D eigenvalue weighted by atomic mass is 9.95.